The zero-order valence-electron chi connectivity index (χ0n) is 64.9. The first-order valence-corrected chi connectivity index (χ1v) is 36.8. The van der Waals surface area contributed by atoms with Crippen molar-refractivity contribution in [1.29, 1.82) is 0 Å². The van der Waals surface area contributed by atoms with Crippen LogP contribution < -0.4 is 47.9 Å². The van der Waals surface area contributed by atoms with Crippen molar-refractivity contribution >= 4 is 82.3 Å². The molecule has 1 unspecified atom stereocenters. The van der Waals surface area contributed by atoms with E-state index in [1.165, 1.54) is 19.0 Å². The first kappa shape index (κ1) is 96.2. The number of ketones is 2. The summed E-state index contributed by atoms with van der Waals surface area (Å²) in [4.78, 5) is 164. The minimum Gasteiger partial charge on any atom is -0.447 e. The molecule has 11 N–H and O–H groups in total. The second kappa shape index (κ2) is 49.9. The molecule has 0 saturated carbocycles. The van der Waals surface area contributed by atoms with Crippen molar-refractivity contribution in [3.63, 3.8) is 0 Å². The molecule has 0 spiro atoms. The number of nitrogens with zero attached hydrogens (tertiary/aromatic N) is 4. The average Bonchev–Trinajstić information content (AvgIpc) is 1.60. The molecule has 2 aromatic rings. The van der Waals surface area contributed by atoms with Gasteiger partial charge in [0, 0.05) is 135 Å². The minimum absolute atomic E-state index is 0. The summed E-state index contributed by atoms with van der Waals surface area (Å²) >= 11 is 0. The van der Waals surface area contributed by atoms with Gasteiger partial charge in [-0.3, -0.25) is 57.5 Å². The van der Waals surface area contributed by atoms with Crippen LogP contribution >= 0.6 is 0 Å². The Balaban J connectivity index is 0.00000102. The molecule has 27 nitrogen and oxygen atoms in total. The molecule has 29 heteroatoms. The van der Waals surface area contributed by atoms with Crippen LogP contribution in [0.2, 0.25) is 0 Å². The molecule has 12 amide bonds. The van der Waals surface area contributed by atoms with Crippen molar-refractivity contribution in [2.75, 3.05) is 72.1 Å². The molecule has 2 aliphatic heterocycles. The van der Waals surface area contributed by atoms with E-state index < -0.39 is 83.9 Å². The van der Waals surface area contributed by atoms with Gasteiger partial charge in [-0.05, 0) is 193 Å². The normalized spacial score (nSPS) is 16.4. The minimum atomic E-state index is -0.925. The van der Waals surface area contributed by atoms with Gasteiger partial charge in [0.1, 0.15) is 24.2 Å². The zero-order valence-corrected chi connectivity index (χ0v) is 70.6. The zero-order chi connectivity index (χ0) is 76.5. The van der Waals surface area contributed by atoms with Crippen molar-refractivity contribution < 1.29 is 123 Å². The maximum atomic E-state index is 14.2. The Bertz CT molecular complexity index is 2850. The number of likely N-dealkylation sites (tertiary alicyclic amines) is 2. The fraction of sp³-hybridized carbons (Fsp3) is 0.680. The number of carbonyl (C=O) groups is 12. The molecular weight excluding hydrogens is 1480 g/mol. The number of hydrogen-bond acceptors (Lipinski definition) is 15. The van der Waals surface area contributed by atoms with Gasteiger partial charge >= 0.3 is 0 Å². The number of rotatable bonds is 42. The van der Waals surface area contributed by atoms with Gasteiger partial charge in [0.05, 0.1) is 18.1 Å². The molecule has 578 valence electrons. The van der Waals surface area contributed by atoms with Crippen LogP contribution in [-0.2, 0) is 126 Å². The van der Waals surface area contributed by atoms with Gasteiger partial charge in [-0.1, -0.05) is 96.5 Å². The number of unbranched alkanes of at least 4 members (excludes halogenated alkanes) is 2. The first-order valence-electron chi connectivity index (χ1n) is 36.8. The number of anilines is 2. The first-order chi connectivity index (χ1) is 48.1. The molecule has 10 atom stereocenters. The Kier molecular flexibility index (Phi) is 46.2. The molecule has 2 heterocycles. The van der Waals surface area contributed by atoms with Crippen molar-refractivity contribution in [3.8, 4) is 0 Å². The molecule has 2 saturated heterocycles. The summed E-state index contributed by atoms with van der Waals surface area (Å²) < 4.78 is 0. The largest absolute Gasteiger partial charge is 0.447 e. The van der Waals surface area contributed by atoms with E-state index in [0.29, 0.717) is 114 Å². The van der Waals surface area contributed by atoms with Crippen molar-refractivity contribution in [1.82, 2.24) is 56.8 Å². The maximum absolute atomic E-state index is 14.2. The molecule has 0 aromatic heterocycles. The summed E-state index contributed by atoms with van der Waals surface area (Å²) in [5, 5.41) is 24.5. The fourth-order valence-corrected chi connectivity index (χ4v) is 12.7. The van der Waals surface area contributed by atoms with E-state index in [0.717, 1.165) is 43.5 Å². The summed E-state index contributed by atoms with van der Waals surface area (Å²) in [5.74, 6) is -4.31. The van der Waals surface area contributed by atoms with E-state index in [9.17, 15) is 57.5 Å². The standard InChI is InChI=1S/C39H64N6O6.C36H61N9O6.2Y/c1-9-29(23-28-15-17-31(18-16-28)42-39(40)51)37(49)43-32(21-25(2)3)34(46)24-30(13-10-11-19-44(8)26(4)5)38(50)45-20-12-14-33(45)35(47)22-27(6)36(48)41-7;1-22(2)20-29(43-32(47)28(38-6)21-25-14-16-26(17-15-25)41-36(37)51)33(48)42-27(12-9-10-18-44(8)23(3)4)35(50)45-19-11-13-30(45)34(49)40-24(5)31(46)39-7;;/h15-18,25-27,29-30,32-33H,9-14,19-24H2,1-8H3,(H5,40,41,42,43,48,49,51);14-17,22-24,27-30,38H,9-13,18-21H2,1-8H3,(H7,37,39,40,41,42,43,46,47,48,49,51);;/p-2/t27-,29+,30+,32-,33?;24-,27+,28-,29+,30+;;/m01../s1. The molecule has 2 fully saturated rings. The Hall–Kier alpha value is -5.83. The van der Waals surface area contributed by atoms with Crippen LogP contribution in [-0.4, -0.2) is 206 Å². The van der Waals surface area contributed by atoms with Crippen molar-refractivity contribution in [2.24, 2.45) is 29.6 Å². The van der Waals surface area contributed by atoms with E-state index in [2.05, 4.69) is 92.4 Å². The number of Topliss-reactive ketones (excluding diaryl/α,β-unsaturated/α-hetero) is 2. The molecule has 104 heavy (non-hydrogen) atoms. The Morgan fingerprint density at radius 3 is 1.42 bits per heavy atom. The second-order valence-corrected chi connectivity index (χ2v) is 29.0. The summed E-state index contributed by atoms with van der Waals surface area (Å²) in [7, 11) is 8.78. The van der Waals surface area contributed by atoms with Crippen LogP contribution in [0.25, 0.3) is 11.5 Å². The predicted molar refractivity (Wildman–Crippen MR) is 399 cm³/mol. The number of benzene rings is 2. The number of nitrogens with one attached hydrogen (secondary N) is 11. The van der Waals surface area contributed by atoms with E-state index >= 15 is 0 Å². The van der Waals surface area contributed by atoms with Gasteiger partial charge in [0.15, 0.2) is 23.6 Å². The third kappa shape index (κ3) is 34.0. The van der Waals surface area contributed by atoms with Gasteiger partial charge in [-0.15, -0.1) is 0 Å². The number of hydrogen-bond donors (Lipinski definition) is 9. The van der Waals surface area contributed by atoms with Gasteiger partial charge in [0.2, 0.25) is 47.3 Å². The summed E-state index contributed by atoms with van der Waals surface area (Å²) in [5.41, 5.74) is 16.8. The number of amides is 12. The maximum Gasteiger partial charge on any atom is 0.245 e. The molecule has 2 aliphatic rings. The number of carbonyl (C=O) groups excluding carboxylic acids is 12. The summed E-state index contributed by atoms with van der Waals surface area (Å²) in [6, 6.07) is 7.30. The SMILES string of the molecule is CC[C@H](Cc1ccc(NC([NH-])=O)cc1)C(=O)N[C@@H](CC(C)C)C(=O)C[C@@H](CCCCN(C)C(C)C)C(=O)N1CCCC1C(=O)C[C@H](C)C(=O)NC.CNC(=O)[C@@H](C)NC(=O)[C@@H]1CCCN1C(=O)[C@H](CCCCN(C)C(C)C)NC(=O)[C@H](CC(C)C)NC(=O)[C@@H](Cc1ccc(NC([NH-])=O)cc1)NC.[Y].[Y]. The van der Waals surface area contributed by atoms with Crippen LogP contribution in [0.5, 0.6) is 0 Å². The Morgan fingerprint density at radius 2 is 0.952 bits per heavy atom. The quantitative estimate of drug-likeness (QED) is 0.0285. The van der Waals surface area contributed by atoms with E-state index in [-0.39, 0.29) is 137 Å². The van der Waals surface area contributed by atoms with Crippen LogP contribution in [0.15, 0.2) is 48.5 Å². The summed E-state index contributed by atoms with van der Waals surface area (Å²) in [6.07, 6.45) is 8.26. The van der Waals surface area contributed by atoms with Gasteiger partial charge < -0.3 is 78.9 Å². The van der Waals surface area contributed by atoms with Crippen molar-refractivity contribution in [2.45, 2.75) is 240 Å². The fourth-order valence-electron chi connectivity index (χ4n) is 12.7. The molecule has 2 radical (unpaired) electrons. The average molecular weight is 1600 g/mol. The third-order valence-corrected chi connectivity index (χ3v) is 19.3. The van der Waals surface area contributed by atoms with E-state index in [1.54, 1.807) is 62.2 Å². The van der Waals surface area contributed by atoms with Gasteiger partial charge in [-0.2, -0.15) is 0 Å². The Morgan fingerprint density at radius 1 is 0.500 bits per heavy atom. The van der Waals surface area contributed by atoms with E-state index in [4.69, 9.17) is 11.5 Å². The predicted octanol–water partition coefficient (Wildman–Crippen LogP) is 7.95. The second-order valence-electron chi connectivity index (χ2n) is 29.0. The van der Waals surface area contributed by atoms with Crippen LogP contribution in [0.3, 0.4) is 0 Å². The molecule has 2 aromatic carbocycles. The third-order valence-electron chi connectivity index (χ3n) is 19.3. The molecular formula is C75H123N15O12Y2-2. The van der Waals surface area contributed by atoms with E-state index in [1.807, 2.05) is 53.8 Å². The molecule has 4 rings (SSSR count). The number of likely N-dealkylation sites (N-methyl/N-ethyl adjacent to an activating group) is 2. The smallest absolute Gasteiger partial charge is 0.245 e. The molecule has 0 aliphatic carbocycles. The topological polar surface area (TPSA) is 374 Å². The van der Waals surface area contributed by atoms with Crippen LogP contribution in [0, 0.1) is 29.6 Å². The summed E-state index contributed by atoms with van der Waals surface area (Å²) in [6.45, 7) is 24.0. The van der Waals surface area contributed by atoms with Crippen LogP contribution in [0.1, 0.15) is 184 Å². The van der Waals surface area contributed by atoms with Gasteiger partial charge in [0.25, 0.3) is 0 Å². The van der Waals surface area contributed by atoms with Crippen molar-refractivity contribution in [3.05, 3.63) is 71.1 Å². The number of urea groups is 2. The van der Waals surface area contributed by atoms with Gasteiger partial charge in [-0.25, -0.2) is 0 Å². The van der Waals surface area contributed by atoms with Crippen LogP contribution in [0.4, 0.5) is 21.0 Å². The monoisotopic (exact) mass is 1600 g/mol. The Labute approximate surface area is 669 Å². The molecule has 0 bridgehead atoms.